The van der Waals surface area contributed by atoms with Crippen molar-refractivity contribution in [1.29, 1.82) is 0 Å². The lowest BCUT2D eigenvalue weighted by Gasteiger charge is -2.35. The zero-order valence-electron chi connectivity index (χ0n) is 12.3. The molecule has 0 aliphatic carbocycles. The van der Waals surface area contributed by atoms with Gasteiger partial charge in [-0.25, -0.2) is 9.69 Å². The number of barbiturate groups is 1. The summed E-state index contributed by atoms with van der Waals surface area (Å²) in [6, 6.07) is 6.38. The van der Waals surface area contributed by atoms with E-state index in [4.69, 9.17) is 4.74 Å². The number of benzene rings is 1. The molecule has 0 atom stereocenters. The van der Waals surface area contributed by atoms with Crippen molar-refractivity contribution in [3.63, 3.8) is 0 Å². The summed E-state index contributed by atoms with van der Waals surface area (Å²) in [7, 11) is 1.59. The van der Waals surface area contributed by atoms with Crippen molar-refractivity contribution < 1.29 is 19.1 Å². The van der Waals surface area contributed by atoms with Gasteiger partial charge in [0.1, 0.15) is 5.41 Å². The highest BCUT2D eigenvalue weighted by Crippen LogP contribution is 2.30. The fraction of sp³-hybridized carbons (Fsp3) is 0.400. The number of ether oxygens (including phenoxy) is 1. The minimum atomic E-state index is -1.28. The van der Waals surface area contributed by atoms with Crippen molar-refractivity contribution in [2.75, 3.05) is 18.6 Å². The standard InChI is InChI=1S/C15H18N2O4/c1-15(2)12(18)16-14(20)17(13(15)19)11-7-5-4-6-10(11)8-9-21-3/h4-7H,8-9H2,1-3H3,(H,16,18,20). The summed E-state index contributed by atoms with van der Waals surface area (Å²) >= 11 is 0. The maximum Gasteiger partial charge on any atom is 0.335 e. The number of nitrogens with one attached hydrogen (secondary N) is 1. The third-order valence-corrected chi connectivity index (χ3v) is 3.54. The van der Waals surface area contributed by atoms with Crippen LogP contribution in [0, 0.1) is 5.41 Å². The third-order valence-electron chi connectivity index (χ3n) is 3.54. The predicted octanol–water partition coefficient (Wildman–Crippen LogP) is 1.48. The molecule has 0 saturated carbocycles. The van der Waals surface area contributed by atoms with E-state index in [2.05, 4.69) is 5.32 Å². The Balaban J connectivity index is 2.43. The quantitative estimate of drug-likeness (QED) is 0.852. The highest BCUT2D eigenvalue weighted by molar-refractivity contribution is 6.29. The molecule has 1 aromatic rings. The lowest BCUT2D eigenvalue weighted by Crippen LogP contribution is -2.62. The molecule has 0 unspecified atom stereocenters. The summed E-state index contributed by atoms with van der Waals surface area (Å²) in [5.41, 5.74) is 0.0214. The summed E-state index contributed by atoms with van der Waals surface area (Å²) in [6.45, 7) is 3.48. The first-order valence-electron chi connectivity index (χ1n) is 6.66. The van der Waals surface area contributed by atoms with E-state index in [1.54, 1.807) is 19.2 Å². The van der Waals surface area contributed by atoms with Crippen molar-refractivity contribution in [3.8, 4) is 0 Å². The number of hydrogen-bond donors (Lipinski definition) is 1. The number of nitrogens with zero attached hydrogens (tertiary/aromatic N) is 1. The van der Waals surface area contributed by atoms with Crippen LogP contribution in [-0.2, 0) is 20.7 Å². The second-order valence-corrected chi connectivity index (χ2v) is 5.40. The summed E-state index contributed by atoms with van der Waals surface area (Å²) in [6.07, 6.45) is 0.568. The zero-order chi connectivity index (χ0) is 15.6. The molecule has 0 bridgehead atoms. The molecule has 1 N–H and O–H groups in total. The average Bonchev–Trinajstić information content (AvgIpc) is 2.45. The van der Waals surface area contributed by atoms with Crippen LogP contribution in [0.1, 0.15) is 19.4 Å². The van der Waals surface area contributed by atoms with Gasteiger partial charge in [-0.1, -0.05) is 18.2 Å². The van der Waals surface area contributed by atoms with Gasteiger partial charge in [0.05, 0.1) is 12.3 Å². The number of carbonyl (C=O) groups is 3. The fourth-order valence-electron chi connectivity index (χ4n) is 2.15. The van der Waals surface area contributed by atoms with Gasteiger partial charge in [0.25, 0.3) is 0 Å². The van der Waals surface area contributed by atoms with Crippen LogP contribution >= 0.6 is 0 Å². The Morgan fingerprint density at radius 3 is 2.52 bits per heavy atom. The van der Waals surface area contributed by atoms with Gasteiger partial charge in [0.2, 0.25) is 11.8 Å². The SMILES string of the molecule is COCCc1ccccc1N1C(=O)NC(=O)C(C)(C)C1=O. The summed E-state index contributed by atoms with van der Waals surface area (Å²) in [5, 5.41) is 2.23. The molecule has 1 aliphatic rings. The molecule has 1 fully saturated rings. The second kappa shape index (κ2) is 5.65. The Kier molecular flexibility index (Phi) is 4.09. The van der Waals surface area contributed by atoms with Crippen molar-refractivity contribution >= 4 is 23.5 Å². The van der Waals surface area contributed by atoms with Crippen molar-refractivity contribution in [2.45, 2.75) is 20.3 Å². The number of urea groups is 1. The van der Waals surface area contributed by atoms with Crippen LogP contribution < -0.4 is 10.2 Å². The first kappa shape index (κ1) is 15.2. The van der Waals surface area contributed by atoms with E-state index in [-0.39, 0.29) is 0 Å². The topological polar surface area (TPSA) is 75.7 Å². The first-order valence-corrected chi connectivity index (χ1v) is 6.66. The van der Waals surface area contributed by atoms with Crippen molar-refractivity contribution in [3.05, 3.63) is 29.8 Å². The maximum atomic E-state index is 12.5. The molecule has 1 saturated heterocycles. The molecule has 1 heterocycles. The van der Waals surface area contributed by atoms with E-state index >= 15 is 0 Å². The molecule has 0 spiro atoms. The van der Waals surface area contributed by atoms with Gasteiger partial charge in [0.15, 0.2) is 0 Å². The van der Waals surface area contributed by atoms with Crippen molar-refractivity contribution in [2.24, 2.45) is 5.41 Å². The normalized spacial score (nSPS) is 17.9. The average molecular weight is 290 g/mol. The summed E-state index contributed by atoms with van der Waals surface area (Å²) in [5.74, 6) is -1.11. The highest BCUT2D eigenvalue weighted by Gasteiger charge is 2.47. The predicted molar refractivity (Wildman–Crippen MR) is 76.8 cm³/mol. The number of para-hydroxylation sites is 1. The van der Waals surface area contributed by atoms with Crippen LogP contribution in [0.5, 0.6) is 0 Å². The van der Waals surface area contributed by atoms with Crippen LogP contribution in [0.4, 0.5) is 10.5 Å². The van der Waals surface area contributed by atoms with Crippen LogP contribution in [0.3, 0.4) is 0 Å². The monoisotopic (exact) mass is 290 g/mol. The van der Waals surface area contributed by atoms with E-state index in [1.807, 2.05) is 12.1 Å². The molecular formula is C15H18N2O4. The van der Waals surface area contributed by atoms with Crippen LogP contribution in [0.2, 0.25) is 0 Å². The Morgan fingerprint density at radius 2 is 1.86 bits per heavy atom. The lowest BCUT2D eigenvalue weighted by atomic mass is 9.88. The molecular weight excluding hydrogens is 272 g/mol. The van der Waals surface area contributed by atoms with Gasteiger partial charge in [-0.05, 0) is 31.9 Å². The van der Waals surface area contributed by atoms with Gasteiger partial charge in [-0.2, -0.15) is 0 Å². The molecule has 0 radical (unpaired) electrons. The molecule has 4 amide bonds. The number of rotatable bonds is 4. The van der Waals surface area contributed by atoms with E-state index < -0.39 is 23.3 Å². The molecule has 6 nitrogen and oxygen atoms in total. The van der Waals surface area contributed by atoms with E-state index in [0.29, 0.717) is 18.7 Å². The second-order valence-electron chi connectivity index (χ2n) is 5.40. The largest absolute Gasteiger partial charge is 0.384 e. The van der Waals surface area contributed by atoms with E-state index in [1.165, 1.54) is 13.8 Å². The molecule has 1 aromatic carbocycles. The summed E-state index contributed by atoms with van der Waals surface area (Å²) in [4.78, 5) is 37.4. The van der Waals surface area contributed by atoms with Gasteiger partial charge in [0, 0.05) is 7.11 Å². The van der Waals surface area contributed by atoms with Gasteiger partial charge < -0.3 is 4.74 Å². The molecule has 1 aliphatic heterocycles. The number of carbonyl (C=O) groups excluding carboxylic acids is 3. The number of methoxy groups -OCH3 is 1. The Labute approximate surface area is 123 Å². The molecule has 112 valence electrons. The summed E-state index contributed by atoms with van der Waals surface area (Å²) < 4.78 is 5.04. The minimum Gasteiger partial charge on any atom is -0.384 e. The number of imide groups is 2. The number of hydrogen-bond acceptors (Lipinski definition) is 4. The first-order chi connectivity index (χ1) is 9.89. The minimum absolute atomic E-state index is 0.475. The molecule has 21 heavy (non-hydrogen) atoms. The zero-order valence-corrected chi connectivity index (χ0v) is 12.3. The van der Waals surface area contributed by atoms with Gasteiger partial charge in [-0.15, -0.1) is 0 Å². The van der Waals surface area contributed by atoms with E-state index in [9.17, 15) is 14.4 Å². The lowest BCUT2D eigenvalue weighted by molar-refractivity contribution is -0.140. The Morgan fingerprint density at radius 1 is 1.19 bits per heavy atom. The maximum absolute atomic E-state index is 12.5. The van der Waals surface area contributed by atoms with E-state index in [0.717, 1.165) is 10.5 Å². The van der Waals surface area contributed by atoms with Crippen LogP contribution in [0.25, 0.3) is 0 Å². The smallest absolute Gasteiger partial charge is 0.335 e. The van der Waals surface area contributed by atoms with Crippen LogP contribution in [-0.4, -0.2) is 31.6 Å². The molecule has 0 aromatic heterocycles. The Hall–Kier alpha value is -2.21. The van der Waals surface area contributed by atoms with Crippen molar-refractivity contribution in [1.82, 2.24) is 5.32 Å². The van der Waals surface area contributed by atoms with Crippen LogP contribution in [0.15, 0.2) is 24.3 Å². The number of amides is 4. The van der Waals surface area contributed by atoms with Gasteiger partial charge >= 0.3 is 6.03 Å². The third kappa shape index (κ3) is 2.67. The number of anilines is 1. The van der Waals surface area contributed by atoms with Gasteiger partial charge in [-0.3, -0.25) is 14.9 Å². The molecule has 6 heteroatoms. The molecule has 2 rings (SSSR count). The highest BCUT2D eigenvalue weighted by atomic mass is 16.5. The Bertz CT molecular complexity index is 595. The fourth-order valence-corrected chi connectivity index (χ4v) is 2.15.